The first-order chi connectivity index (χ1) is 13.2. The molecule has 0 N–H and O–H groups in total. The van der Waals surface area contributed by atoms with Crippen molar-refractivity contribution in [3.63, 3.8) is 0 Å². The summed E-state index contributed by atoms with van der Waals surface area (Å²) >= 11 is 0. The Morgan fingerprint density at radius 1 is 1.11 bits per heavy atom. The minimum Gasteiger partial charge on any atom is -0.497 e. The molecule has 2 aromatic rings. The van der Waals surface area contributed by atoms with E-state index in [-0.39, 0.29) is 12.0 Å². The maximum Gasteiger partial charge on any atom is 0.226 e. The normalized spacial score (nSPS) is 20.2. The van der Waals surface area contributed by atoms with Crippen molar-refractivity contribution in [3.8, 4) is 5.75 Å². The number of hydrogen-bond donors (Lipinski definition) is 0. The number of methoxy groups -OCH3 is 1. The molecule has 2 aliphatic rings. The molecule has 142 valence electrons. The zero-order chi connectivity index (χ0) is 18.6. The Kier molecular flexibility index (Phi) is 5.42. The number of likely N-dealkylation sites (tertiary alicyclic amines) is 1. The van der Waals surface area contributed by atoms with Crippen LogP contribution in [0.1, 0.15) is 61.4 Å². The van der Waals surface area contributed by atoms with Gasteiger partial charge in [-0.2, -0.15) is 0 Å². The van der Waals surface area contributed by atoms with E-state index < -0.39 is 0 Å². The van der Waals surface area contributed by atoms with Crippen molar-refractivity contribution in [3.05, 3.63) is 59.4 Å². The van der Waals surface area contributed by atoms with Crippen LogP contribution in [0.15, 0.2) is 42.6 Å². The van der Waals surface area contributed by atoms with Crippen LogP contribution in [0.3, 0.4) is 0 Å². The van der Waals surface area contributed by atoms with E-state index >= 15 is 0 Å². The van der Waals surface area contributed by atoms with Gasteiger partial charge in [-0.1, -0.05) is 31.0 Å². The predicted octanol–water partition coefficient (Wildman–Crippen LogP) is 4.53. The molecule has 4 rings (SSSR count). The molecule has 0 bridgehead atoms. The minimum absolute atomic E-state index is 0.156. The van der Waals surface area contributed by atoms with Crippen LogP contribution in [-0.4, -0.2) is 29.4 Å². The number of carbonyl (C=O) groups is 1. The highest BCUT2D eigenvalue weighted by Gasteiger charge is 2.35. The SMILES string of the molecule is COc1cccc(Cc2ccc(C3CCCN3C(=O)C3CCCC3)nc2)c1. The largest absolute Gasteiger partial charge is 0.497 e. The molecule has 1 aromatic carbocycles. The molecule has 1 unspecified atom stereocenters. The number of amides is 1. The van der Waals surface area contributed by atoms with Crippen molar-refractivity contribution in [2.45, 2.75) is 51.0 Å². The third-order valence-electron chi connectivity index (χ3n) is 5.97. The Morgan fingerprint density at radius 3 is 2.70 bits per heavy atom. The number of carbonyl (C=O) groups excluding carboxylic acids is 1. The Labute approximate surface area is 161 Å². The van der Waals surface area contributed by atoms with Crippen molar-refractivity contribution < 1.29 is 9.53 Å². The van der Waals surface area contributed by atoms with Crippen molar-refractivity contribution in [2.75, 3.05) is 13.7 Å². The maximum atomic E-state index is 12.9. The average Bonchev–Trinajstić information content (AvgIpc) is 3.40. The first-order valence-electron chi connectivity index (χ1n) is 10.1. The van der Waals surface area contributed by atoms with Crippen LogP contribution >= 0.6 is 0 Å². The predicted molar refractivity (Wildman–Crippen MR) is 106 cm³/mol. The number of rotatable bonds is 5. The average molecular weight is 364 g/mol. The second kappa shape index (κ2) is 8.12. The molecule has 0 radical (unpaired) electrons. The molecular formula is C23H28N2O2. The summed E-state index contributed by atoms with van der Waals surface area (Å²) in [6.45, 7) is 0.882. The van der Waals surface area contributed by atoms with Crippen molar-refractivity contribution in [1.29, 1.82) is 0 Å². The second-order valence-corrected chi connectivity index (χ2v) is 7.79. The van der Waals surface area contributed by atoms with Crippen molar-refractivity contribution in [1.82, 2.24) is 9.88 Å². The summed E-state index contributed by atoms with van der Waals surface area (Å²) in [6, 6.07) is 12.6. The van der Waals surface area contributed by atoms with E-state index in [4.69, 9.17) is 9.72 Å². The van der Waals surface area contributed by atoms with Gasteiger partial charge in [-0.25, -0.2) is 0 Å². The van der Waals surface area contributed by atoms with Crippen LogP contribution in [0, 0.1) is 5.92 Å². The number of ether oxygens (including phenoxy) is 1. The van der Waals surface area contributed by atoms with Crippen molar-refractivity contribution in [2.24, 2.45) is 5.92 Å². The standard InChI is InChI=1S/C23H28N2O2/c1-27-20-9-4-6-17(15-20)14-18-11-12-21(24-16-18)22-10-5-13-25(22)23(26)19-7-2-3-8-19/h4,6,9,11-12,15-16,19,22H,2-3,5,7-8,10,13-14H2,1H3. The number of aromatic nitrogens is 1. The first kappa shape index (κ1) is 18.0. The lowest BCUT2D eigenvalue weighted by atomic mass is 10.0. The number of benzene rings is 1. The molecule has 1 saturated carbocycles. The van der Waals surface area contributed by atoms with E-state index in [1.54, 1.807) is 7.11 Å². The van der Waals surface area contributed by atoms with E-state index in [0.717, 1.165) is 50.1 Å². The lowest BCUT2D eigenvalue weighted by Gasteiger charge is -2.27. The van der Waals surface area contributed by atoms with Crippen LogP contribution in [0.4, 0.5) is 0 Å². The molecule has 27 heavy (non-hydrogen) atoms. The number of hydrogen-bond acceptors (Lipinski definition) is 3. The van der Waals surface area contributed by atoms with E-state index in [1.807, 2.05) is 18.3 Å². The van der Waals surface area contributed by atoms with Gasteiger partial charge in [0.2, 0.25) is 5.91 Å². The number of nitrogens with zero attached hydrogens (tertiary/aromatic N) is 2. The quantitative estimate of drug-likeness (QED) is 0.782. The molecule has 2 heterocycles. The zero-order valence-corrected chi connectivity index (χ0v) is 16.1. The van der Waals surface area contributed by atoms with Crippen LogP contribution in [0.2, 0.25) is 0 Å². The van der Waals surface area contributed by atoms with E-state index in [0.29, 0.717) is 5.91 Å². The van der Waals surface area contributed by atoms with Gasteiger partial charge in [-0.05, 0) is 61.4 Å². The summed E-state index contributed by atoms with van der Waals surface area (Å²) in [5, 5.41) is 0. The van der Waals surface area contributed by atoms with Crippen LogP contribution in [0.25, 0.3) is 0 Å². The molecule has 0 spiro atoms. The highest BCUT2D eigenvalue weighted by atomic mass is 16.5. The Bertz CT molecular complexity index is 781. The van der Waals surface area contributed by atoms with E-state index in [2.05, 4.69) is 29.2 Å². The first-order valence-corrected chi connectivity index (χ1v) is 10.1. The lowest BCUT2D eigenvalue weighted by Crippen LogP contribution is -2.35. The molecule has 2 fully saturated rings. The lowest BCUT2D eigenvalue weighted by molar-refractivity contribution is -0.136. The van der Waals surface area contributed by atoms with Gasteiger partial charge in [0.05, 0.1) is 18.8 Å². The fraction of sp³-hybridized carbons (Fsp3) is 0.478. The third-order valence-corrected chi connectivity index (χ3v) is 5.97. The van der Waals surface area contributed by atoms with Gasteiger partial charge < -0.3 is 9.64 Å². The molecular weight excluding hydrogens is 336 g/mol. The molecule has 4 heteroatoms. The molecule has 1 atom stereocenters. The molecule has 1 aliphatic carbocycles. The van der Waals surface area contributed by atoms with Crippen LogP contribution in [0.5, 0.6) is 5.75 Å². The summed E-state index contributed by atoms with van der Waals surface area (Å²) in [4.78, 5) is 19.7. The van der Waals surface area contributed by atoms with Gasteiger partial charge in [-0.15, -0.1) is 0 Å². The number of pyridine rings is 1. The highest BCUT2D eigenvalue weighted by Crippen LogP contribution is 2.35. The smallest absolute Gasteiger partial charge is 0.226 e. The van der Waals surface area contributed by atoms with Gasteiger partial charge in [-0.3, -0.25) is 9.78 Å². The summed E-state index contributed by atoms with van der Waals surface area (Å²) in [6.07, 6.45) is 9.43. The van der Waals surface area contributed by atoms with Crippen molar-refractivity contribution >= 4 is 5.91 Å². The molecule has 1 aliphatic heterocycles. The zero-order valence-electron chi connectivity index (χ0n) is 16.1. The second-order valence-electron chi connectivity index (χ2n) is 7.79. The fourth-order valence-electron chi connectivity index (χ4n) is 4.50. The van der Waals surface area contributed by atoms with Gasteiger partial charge in [0, 0.05) is 18.7 Å². The van der Waals surface area contributed by atoms with E-state index in [9.17, 15) is 4.79 Å². The summed E-state index contributed by atoms with van der Waals surface area (Å²) in [7, 11) is 1.69. The molecule has 1 aromatic heterocycles. The summed E-state index contributed by atoms with van der Waals surface area (Å²) in [5.41, 5.74) is 3.43. The van der Waals surface area contributed by atoms with Gasteiger partial charge in [0.25, 0.3) is 0 Å². The van der Waals surface area contributed by atoms with E-state index in [1.165, 1.54) is 24.0 Å². The fourth-order valence-corrected chi connectivity index (χ4v) is 4.50. The summed E-state index contributed by atoms with van der Waals surface area (Å²) in [5.74, 6) is 1.49. The minimum atomic E-state index is 0.156. The maximum absolute atomic E-state index is 12.9. The third kappa shape index (κ3) is 4.00. The molecule has 4 nitrogen and oxygen atoms in total. The van der Waals surface area contributed by atoms with Gasteiger partial charge in [0.15, 0.2) is 0 Å². The van der Waals surface area contributed by atoms with Crippen LogP contribution < -0.4 is 4.74 Å². The molecule has 1 saturated heterocycles. The highest BCUT2D eigenvalue weighted by molar-refractivity contribution is 5.79. The Hall–Kier alpha value is -2.36. The monoisotopic (exact) mass is 364 g/mol. The van der Waals surface area contributed by atoms with Gasteiger partial charge >= 0.3 is 0 Å². The molecule has 1 amide bonds. The Morgan fingerprint density at radius 2 is 1.96 bits per heavy atom. The van der Waals surface area contributed by atoms with Gasteiger partial charge in [0.1, 0.15) is 5.75 Å². The van der Waals surface area contributed by atoms with Crippen LogP contribution in [-0.2, 0) is 11.2 Å². The topological polar surface area (TPSA) is 42.4 Å². The summed E-state index contributed by atoms with van der Waals surface area (Å²) < 4.78 is 5.30. The Balaban J connectivity index is 1.45.